The number of halogens is 1. The SMILES string of the molecule is Cc1c(F)cccc1-c1ccsc1. The maximum absolute atomic E-state index is 13.2. The Kier molecular flexibility index (Phi) is 2.15. The van der Waals surface area contributed by atoms with Crippen molar-refractivity contribution in [3.05, 3.63) is 46.4 Å². The van der Waals surface area contributed by atoms with Gasteiger partial charge in [-0.3, -0.25) is 0 Å². The van der Waals surface area contributed by atoms with Gasteiger partial charge in [-0.15, -0.1) is 0 Å². The van der Waals surface area contributed by atoms with Crippen LogP contribution in [-0.4, -0.2) is 0 Å². The number of hydrogen-bond acceptors (Lipinski definition) is 1. The van der Waals surface area contributed by atoms with Crippen molar-refractivity contribution in [2.75, 3.05) is 0 Å². The molecule has 0 spiro atoms. The van der Waals surface area contributed by atoms with E-state index in [-0.39, 0.29) is 5.82 Å². The Morgan fingerprint density at radius 1 is 1.23 bits per heavy atom. The second-order valence-corrected chi connectivity index (χ2v) is 3.70. The molecule has 2 heteroatoms. The van der Waals surface area contributed by atoms with Crippen molar-refractivity contribution in [2.24, 2.45) is 0 Å². The molecule has 0 amide bonds. The molecule has 66 valence electrons. The predicted octanol–water partition coefficient (Wildman–Crippen LogP) is 3.86. The molecule has 1 aromatic carbocycles. The van der Waals surface area contributed by atoms with Crippen LogP contribution in [0.3, 0.4) is 0 Å². The van der Waals surface area contributed by atoms with E-state index in [2.05, 4.69) is 0 Å². The van der Waals surface area contributed by atoms with E-state index in [4.69, 9.17) is 0 Å². The fraction of sp³-hybridized carbons (Fsp3) is 0.0909. The quantitative estimate of drug-likeness (QED) is 0.643. The number of rotatable bonds is 1. The minimum Gasteiger partial charge on any atom is -0.207 e. The van der Waals surface area contributed by atoms with E-state index in [0.717, 1.165) is 16.7 Å². The molecule has 0 saturated carbocycles. The van der Waals surface area contributed by atoms with E-state index in [9.17, 15) is 4.39 Å². The molecule has 0 saturated heterocycles. The summed E-state index contributed by atoms with van der Waals surface area (Å²) in [5, 5.41) is 4.03. The Hall–Kier alpha value is -1.15. The van der Waals surface area contributed by atoms with Gasteiger partial charge < -0.3 is 0 Å². The lowest BCUT2D eigenvalue weighted by Gasteiger charge is -2.03. The topological polar surface area (TPSA) is 0 Å². The van der Waals surface area contributed by atoms with E-state index >= 15 is 0 Å². The first-order valence-corrected chi connectivity index (χ1v) is 5.01. The van der Waals surface area contributed by atoms with Crippen LogP contribution < -0.4 is 0 Å². The summed E-state index contributed by atoms with van der Waals surface area (Å²) in [5.74, 6) is -0.135. The molecule has 13 heavy (non-hydrogen) atoms. The number of hydrogen-bond donors (Lipinski definition) is 0. The summed E-state index contributed by atoms with van der Waals surface area (Å²) < 4.78 is 13.2. The lowest BCUT2D eigenvalue weighted by atomic mass is 10.0. The summed E-state index contributed by atoms with van der Waals surface area (Å²) in [6, 6.07) is 7.19. The number of benzene rings is 1. The monoisotopic (exact) mass is 192 g/mol. The van der Waals surface area contributed by atoms with Gasteiger partial charge in [-0.1, -0.05) is 12.1 Å². The standard InChI is InChI=1S/C11H9FS/c1-8-10(3-2-4-11(8)12)9-5-6-13-7-9/h2-7H,1H3. The summed E-state index contributed by atoms with van der Waals surface area (Å²) in [4.78, 5) is 0. The molecule has 0 radical (unpaired) electrons. The maximum atomic E-state index is 13.2. The Morgan fingerprint density at radius 2 is 2.08 bits per heavy atom. The van der Waals surface area contributed by atoms with Gasteiger partial charge in [0.25, 0.3) is 0 Å². The van der Waals surface area contributed by atoms with Gasteiger partial charge in [0.05, 0.1) is 0 Å². The van der Waals surface area contributed by atoms with Gasteiger partial charge in [-0.25, -0.2) is 4.39 Å². The molecule has 0 aliphatic rings. The van der Waals surface area contributed by atoms with Crippen molar-refractivity contribution in [1.29, 1.82) is 0 Å². The van der Waals surface area contributed by atoms with E-state index in [1.165, 1.54) is 6.07 Å². The van der Waals surface area contributed by atoms with Crippen molar-refractivity contribution in [2.45, 2.75) is 6.92 Å². The minimum absolute atomic E-state index is 0.135. The van der Waals surface area contributed by atoms with Crippen molar-refractivity contribution in [3.63, 3.8) is 0 Å². The van der Waals surface area contributed by atoms with Crippen molar-refractivity contribution in [3.8, 4) is 11.1 Å². The summed E-state index contributed by atoms with van der Waals surface area (Å²) in [6.45, 7) is 1.81. The first-order chi connectivity index (χ1) is 6.29. The van der Waals surface area contributed by atoms with Crippen LogP contribution >= 0.6 is 11.3 Å². The Bertz CT molecular complexity index is 404. The molecule has 2 rings (SSSR count). The molecular weight excluding hydrogens is 183 g/mol. The molecule has 0 unspecified atom stereocenters. The fourth-order valence-electron chi connectivity index (χ4n) is 1.34. The average molecular weight is 192 g/mol. The van der Waals surface area contributed by atoms with Crippen LogP contribution in [0.1, 0.15) is 5.56 Å². The van der Waals surface area contributed by atoms with Gasteiger partial charge in [0.2, 0.25) is 0 Å². The van der Waals surface area contributed by atoms with E-state index in [0.29, 0.717) is 0 Å². The first-order valence-electron chi connectivity index (χ1n) is 4.07. The highest BCUT2D eigenvalue weighted by Gasteiger charge is 2.04. The van der Waals surface area contributed by atoms with Crippen LogP contribution in [0.25, 0.3) is 11.1 Å². The second-order valence-electron chi connectivity index (χ2n) is 2.92. The summed E-state index contributed by atoms with van der Waals surface area (Å²) in [5.41, 5.74) is 2.81. The van der Waals surface area contributed by atoms with Crippen LogP contribution in [0.2, 0.25) is 0 Å². The van der Waals surface area contributed by atoms with Gasteiger partial charge in [0, 0.05) is 0 Å². The van der Waals surface area contributed by atoms with Gasteiger partial charge in [-0.2, -0.15) is 11.3 Å². The average Bonchev–Trinajstić information content (AvgIpc) is 2.62. The van der Waals surface area contributed by atoms with Crippen LogP contribution in [0, 0.1) is 12.7 Å². The van der Waals surface area contributed by atoms with Gasteiger partial charge in [-0.05, 0) is 46.5 Å². The first kappa shape index (κ1) is 8.45. The lowest BCUT2D eigenvalue weighted by Crippen LogP contribution is -1.85. The molecule has 0 nitrogen and oxygen atoms in total. The molecule has 0 N–H and O–H groups in total. The Balaban J connectivity index is 2.59. The maximum Gasteiger partial charge on any atom is 0.126 e. The highest BCUT2D eigenvalue weighted by molar-refractivity contribution is 7.08. The third-order valence-electron chi connectivity index (χ3n) is 2.10. The predicted molar refractivity (Wildman–Crippen MR) is 54.5 cm³/mol. The Labute approximate surface area is 80.7 Å². The van der Waals surface area contributed by atoms with E-state index < -0.39 is 0 Å². The van der Waals surface area contributed by atoms with Crippen LogP contribution in [0.15, 0.2) is 35.0 Å². The summed E-state index contributed by atoms with van der Waals surface area (Å²) in [6.07, 6.45) is 0. The summed E-state index contributed by atoms with van der Waals surface area (Å²) in [7, 11) is 0. The summed E-state index contributed by atoms with van der Waals surface area (Å²) >= 11 is 1.63. The zero-order chi connectivity index (χ0) is 9.26. The zero-order valence-corrected chi connectivity index (χ0v) is 8.07. The van der Waals surface area contributed by atoms with E-state index in [1.54, 1.807) is 17.4 Å². The normalized spacial score (nSPS) is 10.3. The van der Waals surface area contributed by atoms with Gasteiger partial charge in [0.15, 0.2) is 0 Å². The second kappa shape index (κ2) is 3.30. The third-order valence-corrected chi connectivity index (χ3v) is 2.78. The van der Waals surface area contributed by atoms with Crippen molar-refractivity contribution >= 4 is 11.3 Å². The molecule has 2 aromatic rings. The molecule has 0 aliphatic carbocycles. The zero-order valence-electron chi connectivity index (χ0n) is 7.25. The van der Waals surface area contributed by atoms with E-state index in [1.807, 2.05) is 29.8 Å². The minimum atomic E-state index is -0.135. The van der Waals surface area contributed by atoms with Crippen LogP contribution in [0.5, 0.6) is 0 Å². The van der Waals surface area contributed by atoms with Crippen LogP contribution in [-0.2, 0) is 0 Å². The molecule has 0 aliphatic heterocycles. The fourth-order valence-corrected chi connectivity index (χ4v) is 1.99. The van der Waals surface area contributed by atoms with Crippen molar-refractivity contribution in [1.82, 2.24) is 0 Å². The molecule has 1 heterocycles. The molecule has 0 fully saturated rings. The highest BCUT2D eigenvalue weighted by atomic mass is 32.1. The smallest absolute Gasteiger partial charge is 0.126 e. The Morgan fingerprint density at radius 3 is 2.77 bits per heavy atom. The third kappa shape index (κ3) is 1.49. The molecular formula is C11H9FS. The number of thiophene rings is 1. The van der Waals surface area contributed by atoms with Gasteiger partial charge in [0.1, 0.15) is 5.82 Å². The highest BCUT2D eigenvalue weighted by Crippen LogP contribution is 2.26. The van der Waals surface area contributed by atoms with Gasteiger partial charge >= 0.3 is 0 Å². The van der Waals surface area contributed by atoms with Crippen molar-refractivity contribution < 1.29 is 4.39 Å². The van der Waals surface area contributed by atoms with Crippen LogP contribution in [0.4, 0.5) is 4.39 Å². The molecule has 0 bridgehead atoms. The molecule has 1 aromatic heterocycles. The largest absolute Gasteiger partial charge is 0.207 e. The lowest BCUT2D eigenvalue weighted by molar-refractivity contribution is 0.619. The molecule has 0 atom stereocenters.